The molecule has 0 fully saturated rings. The minimum Gasteiger partial charge on any atom is -0.344 e. The number of nitrogens with two attached hydrogens (primary N) is 1. The van der Waals surface area contributed by atoms with Gasteiger partial charge in [0.05, 0.1) is 11.9 Å². The molecule has 0 saturated carbocycles. The van der Waals surface area contributed by atoms with Crippen molar-refractivity contribution in [2.45, 2.75) is 0 Å². The fourth-order valence-corrected chi connectivity index (χ4v) is 0.948. The molecule has 0 aliphatic carbocycles. The van der Waals surface area contributed by atoms with Crippen LogP contribution in [-0.2, 0) is 0 Å². The van der Waals surface area contributed by atoms with E-state index < -0.39 is 0 Å². The molecule has 2 rings (SSSR count). The predicted molar refractivity (Wildman–Crippen MR) is 42.4 cm³/mol. The molecule has 2 aliphatic heterocycles. The van der Waals surface area contributed by atoms with Gasteiger partial charge in [0.2, 0.25) is 0 Å². The van der Waals surface area contributed by atoms with E-state index in [-0.39, 0.29) is 6.15 Å². The fraction of sp³-hybridized carbons (Fsp3) is 0. The lowest BCUT2D eigenvalue weighted by Crippen LogP contribution is -2.41. The van der Waals surface area contributed by atoms with Crippen molar-refractivity contribution in [1.29, 1.82) is 0 Å². The maximum Gasteiger partial charge on any atom is 0.0780 e. The maximum atomic E-state index is 5.43. The van der Waals surface area contributed by atoms with Crippen molar-refractivity contribution in [3.05, 3.63) is 36.3 Å². The number of hydrogen-bond acceptors (Lipinski definition) is 5. The molecule has 0 radical (unpaired) electrons. The summed E-state index contributed by atoms with van der Waals surface area (Å²) in [5, 5.41) is 3.25. The number of fused-ring (bicyclic) bond motifs is 1. The molecule has 5 heteroatoms. The molecule has 0 atom stereocenters. The summed E-state index contributed by atoms with van der Waals surface area (Å²) in [6.07, 6.45) is 9.57. The van der Waals surface area contributed by atoms with Gasteiger partial charge in [-0.2, -0.15) is 0 Å². The number of hydrazine groups is 3. The molecule has 0 unspecified atom stereocenters. The summed E-state index contributed by atoms with van der Waals surface area (Å²) in [5.74, 6) is 5.43. The standard InChI is InChI=1S/C6H8N4.H3N/c7-10-5-6-3-1-2-4-9(6)8-10;/h1-5,8H,7H2;1H3. The highest BCUT2D eigenvalue weighted by atomic mass is 15.9. The van der Waals surface area contributed by atoms with Gasteiger partial charge in [-0.25, -0.2) is 11.0 Å². The number of hydrogen-bond donors (Lipinski definition) is 3. The maximum absolute atomic E-state index is 5.43. The van der Waals surface area contributed by atoms with Gasteiger partial charge >= 0.3 is 0 Å². The first-order valence-electron chi connectivity index (χ1n) is 3.02. The summed E-state index contributed by atoms with van der Waals surface area (Å²) in [4.78, 5) is 0. The molecule has 2 heterocycles. The van der Waals surface area contributed by atoms with E-state index in [1.54, 1.807) is 6.20 Å². The summed E-state index contributed by atoms with van der Waals surface area (Å²) < 4.78 is 0. The zero-order valence-electron chi connectivity index (χ0n) is 6.07. The molecule has 2 aliphatic rings. The topological polar surface area (TPSA) is 79.5 Å². The van der Waals surface area contributed by atoms with Crippen LogP contribution in [0.3, 0.4) is 0 Å². The van der Waals surface area contributed by atoms with E-state index in [9.17, 15) is 0 Å². The Morgan fingerprint density at radius 3 is 2.91 bits per heavy atom. The Kier molecular flexibility index (Phi) is 1.95. The molecule has 5 nitrogen and oxygen atoms in total. The Morgan fingerprint density at radius 1 is 1.36 bits per heavy atom. The first-order valence-corrected chi connectivity index (χ1v) is 3.02. The van der Waals surface area contributed by atoms with Crippen LogP contribution in [0.15, 0.2) is 36.3 Å². The Labute approximate surface area is 64.9 Å². The monoisotopic (exact) mass is 153 g/mol. The SMILES string of the molecule is N.NN1C=C2C=CC=CN2N1. The Hall–Kier alpha value is -1.30. The van der Waals surface area contributed by atoms with Crippen molar-refractivity contribution in [3.8, 4) is 0 Å². The van der Waals surface area contributed by atoms with Gasteiger partial charge in [-0.3, -0.25) is 5.01 Å². The van der Waals surface area contributed by atoms with Gasteiger partial charge in [0.1, 0.15) is 0 Å². The van der Waals surface area contributed by atoms with E-state index in [2.05, 4.69) is 5.53 Å². The lowest BCUT2D eigenvalue weighted by Gasteiger charge is -2.18. The van der Waals surface area contributed by atoms with Crippen LogP contribution < -0.4 is 17.5 Å². The van der Waals surface area contributed by atoms with Crippen molar-refractivity contribution < 1.29 is 0 Å². The van der Waals surface area contributed by atoms with Crippen LogP contribution >= 0.6 is 0 Å². The van der Waals surface area contributed by atoms with E-state index >= 15 is 0 Å². The van der Waals surface area contributed by atoms with Crippen LogP contribution in [0, 0.1) is 0 Å². The van der Waals surface area contributed by atoms with Crippen molar-refractivity contribution in [1.82, 2.24) is 21.8 Å². The second-order valence-corrected chi connectivity index (χ2v) is 2.13. The molecule has 6 N–H and O–H groups in total. The van der Waals surface area contributed by atoms with Crippen molar-refractivity contribution in [3.63, 3.8) is 0 Å². The van der Waals surface area contributed by atoms with Crippen LogP contribution in [0.1, 0.15) is 0 Å². The third kappa shape index (κ3) is 1.25. The lowest BCUT2D eigenvalue weighted by molar-refractivity contribution is 0.177. The van der Waals surface area contributed by atoms with Crippen molar-refractivity contribution in [2.75, 3.05) is 0 Å². The minimum atomic E-state index is 0. The molecular weight excluding hydrogens is 142 g/mol. The summed E-state index contributed by atoms with van der Waals surface area (Å²) in [6, 6.07) is 0. The summed E-state index contributed by atoms with van der Waals surface area (Å²) >= 11 is 0. The zero-order chi connectivity index (χ0) is 6.97. The number of nitrogens with one attached hydrogen (secondary N) is 1. The largest absolute Gasteiger partial charge is 0.344 e. The lowest BCUT2D eigenvalue weighted by atomic mass is 10.3. The first-order chi connectivity index (χ1) is 4.86. The smallest absolute Gasteiger partial charge is 0.0780 e. The van der Waals surface area contributed by atoms with Crippen LogP contribution in [-0.4, -0.2) is 10.1 Å². The van der Waals surface area contributed by atoms with Gasteiger partial charge in [-0.05, 0) is 12.2 Å². The summed E-state index contributed by atoms with van der Waals surface area (Å²) in [5.41, 5.74) is 3.92. The highest BCUT2D eigenvalue weighted by molar-refractivity contribution is 5.28. The summed E-state index contributed by atoms with van der Waals surface area (Å²) in [6.45, 7) is 0. The Balaban J connectivity index is 0.000000605. The van der Waals surface area contributed by atoms with E-state index in [1.165, 1.54) is 5.12 Å². The summed E-state index contributed by atoms with van der Waals surface area (Å²) in [7, 11) is 0. The molecule has 0 saturated heterocycles. The second-order valence-electron chi connectivity index (χ2n) is 2.13. The quantitative estimate of drug-likeness (QED) is 0.426. The molecule has 0 aromatic rings. The van der Waals surface area contributed by atoms with Crippen LogP contribution in [0.4, 0.5) is 0 Å². The van der Waals surface area contributed by atoms with Gasteiger partial charge in [0, 0.05) is 6.20 Å². The average molecular weight is 153 g/mol. The van der Waals surface area contributed by atoms with Gasteiger partial charge in [0.25, 0.3) is 0 Å². The van der Waals surface area contributed by atoms with Crippen molar-refractivity contribution in [2.24, 2.45) is 5.84 Å². The normalized spacial score (nSPS) is 19.5. The van der Waals surface area contributed by atoms with Gasteiger partial charge in [0.15, 0.2) is 0 Å². The van der Waals surface area contributed by atoms with E-state index in [4.69, 9.17) is 5.84 Å². The highest BCUT2D eigenvalue weighted by Gasteiger charge is 2.14. The molecule has 0 bridgehead atoms. The average Bonchev–Trinajstić information content (AvgIpc) is 2.27. The molecule has 0 aromatic heterocycles. The van der Waals surface area contributed by atoms with Gasteiger partial charge in [-0.1, -0.05) is 6.08 Å². The number of nitrogens with zero attached hydrogens (tertiary/aromatic N) is 2. The van der Waals surface area contributed by atoms with Crippen LogP contribution in [0.25, 0.3) is 0 Å². The first kappa shape index (κ1) is 7.80. The fourth-order valence-electron chi connectivity index (χ4n) is 0.948. The van der Waals surface area contributed by atoms with Crippen molar-refractivity contribution >= 4 is 0 Å². The predicted octanol–water partition coefficient (Wildman–Crippen LogP) is -0.0158. The Bertz CT molecular complexity index is 229. The molecule has 0 aromatic carbocycles. The molecule has 0 spiro atoms. The van der Waals surface area contributed by atoms with Gasteiger partial charge < -0.3 is 6.15 Å². The molecule has 60 valence electrons. The number of rotatable bonds is 0. The number of allylic oxidation sites excluding steroid dienone is 3. The second kappa shape index (κ2) is 2.75. The minimum absolute atomic E-state index is 0. The molecular formula is C6H11N5. The Morgan fingerprint density at radius 2 is 2.18 bits per heavy atom. The van der Waals surface area contributed by atoms with Crippen LogP contribution in [0.2, 0.25) is 0 Å². The van der Waals surface area contributed by atoms with Gasteiger partial charge in [-0.15, -0.1) is 5.53 Å². The van der Waals surface area contributed by atoms with E-state index in [0.29, 0.717) is 0 Å². The third-order valence-corrected chi connectivity index (χ3v) is 1.39. The molecule has 11 heavy (non-hydrogen) atoms. The van der Waals surface area contributed by atoms with E-state index in [0.717, 1.165) is 5.70 Å². The zero-order valence-corrected chi connectivity index (χ0v) is 6.07. The third-order valence-electron chi connectivity index (χ3n) is 1.39. The van der Waals surface area contributed by atoms with Crippen LogP contribution in [0.5, 0.6) is 0 Å². The highest BCUT2D eigenvalue weighted by Crippen LogP contribution is 2.13. The molecule has 0 amide bonds. The van der Waals surface area contributed by atoms with E-state index in [1.807, 2.05) is 29.4 Å².